The zero-order valence-corrected chi connectivity index (χ0v) is 14.8. The Kier molecular flexibility index (Phi) is 3.39. The standard InChI is InChI=1S/C18H15N5O2S/c1-10-21-22-17(26-10)18(24)23-7-6-12-15(20-9-19-12)16(23)14-8-11-4-2-3-5-13(11)25-14/h2-5,8-9,16H,6-7H2,1H3,(H,19,20)/t16-/m1/s1. The molecule has 0 radical (unpaired) electrons. The molecule has 0 saturated carbocycles. The van der Waals surface area contributed by atoms with Gasteiger partial charge >= 0.3 is 0 Å². The van der Waals surface area contributed by atoms with E-state index >= 15 is 0 Å². The number of carbonyl (C=O) groups excluding carboxylic acids is 1. The van der Waals surface area contributed by atoms with Crippen LogP contribution in [-0.4, -0.2) is 37.5 Å². The van der Waals surface area contributed by atoms with Crippen LogP contribution < -0.4 is 0 Å². The minimum absolute atomic E-state index is 0.144. The third-order valence-corrected chi connectivity index (χ3v) is 5.44. The summed E-state index contributed by atoms with van der Waals surface area (Å²) in [6.07, 6.45) is 2.39. The molecule has 4 aromatic rings. The first-order valence-electron chi connectivity index (χ1n) is 8.32. The molecule has 1 aliphatic heterocycles. The third kappa shape index (κ3) is 2.33. The summed E-state index contributed by atoms with van der Waals surface area (Å²) in [6, 6.07) is 9.42. The van der Waals surface area contributed by atoms with E-state index in [1.807, 2.05) is 37.3 Å². The van der Waals surface area contributed by atoms with E-state index in [1.54, 1.807) is 11.2 Å². The van der Waals surface area contributed by atoms with E-state index < -0.39 is 0 Å². The summed E-state index contributed by atoms with van der Waals surface area (Å²) in [7, 11) is 0. The second-order valence-corrected chi connectivity index (χ2v) is 7.41. The Balaban J connectivity index is 1.63. The van der Waals surface area contributed by atoms with Gasteiger partial charge in [-0.05, 0) is 19.1 Å². The van der Waals surface area contributed by atoms with Gasteiger partial charge in [-0.15, -0.1) is 10.2 Å². The molecule has 0 spiro atoms. The van der Waals surface area contributed by atoms with Gasteiger partial charge < -0.3 is 14.3 Å². The molecule has 5 rings (SSSR count). The summed E-state index contributed by atoms with van der Waals surface area (Å²) in [4.78, 5) is 22.5. The van der Waals surface area contributed by atoms with Gasteiger partial charge in [0.2, 0.25) is 5.01 Å². The van der Waals surface area contributed by atoms with Crippen molar-refractivity contribution in [2.45, 2.75) is 19.4 Å². The van der Waals surface area contributed by atoms with Crippen molar-refractivity contribution in [1.82, 2.24) is 25.1 Å². The lowest BCUT2D eigenvalue weighted by Gasteiger charge is -2.33. The molecule has 26 heavy (non-hydrogen) atoms. The highest BCUT2D eigenvalue weighted by Crippen LogP contribution is 2.37. The van der Waals surface area contributed by atoms with Crippen LogP contribution in [0.25, 0.3) is 11.0 Å². The number of benzene rings is 1. The molecule has 0 unspecified atom stereocenters. The van der Waals surface area contributed by atoms with Gasteiger partial charge in [0.15, 0.2) is 0 Å². The predicted octanol–water partition coefficient (Wildman–Crippen LogP) is 3.10. The van der Waals surface area contributed by atoms with E-state index in [9.17, 15) is 4.79 Å². The number of aromatic nitrogens is 4. The zero-order chi connectivity index (χ0) is 17.7. The van der Waals surface area contributed by atoms with Gasteiger partial charge in [-0.25, -0.2) is 4.98 Å². The molecule has 0 fully saturated rings. The molecule has 8 heteroatoms. The number of furan rings is 1. The summed E-state index contributed by atoms with van der Waals surface area (Å²) in [5.41, 5.74) is 2.65. The highest BCUT2D eigenvalue weighted by atomic mass is 32.1. The molecule has 0 saturated heterocycles. The van der Waals surface area contributed by atoms with Crippen LogP contribution >= 0.6 is 11.3 Å². The van der Waals surface area contributed by atoms with Crippen molar-refractivity contribution >= 4 is 28.2 Å². The number of aryl methyl sites for hydroxylation is 1. The predicted molar refractivity (Wildman–Crippen MR) is 96.0 cm³/mol. The molecule has 3 aromatic heterocycles. The van der Waals surface area contributed by atoms with Crippen LogP contribution in [0.3, 0.4) is 0 Å². The number of nitrogens with one attached hydrogen (secondary N) is 1. The first kappa shape index (κ1) is 15.3. The summed E-state index contributed by atoms with van der Waals surface area (Å²) in [6.45, 7) is 2.40. The summed E-state index contributed by atoms with van der Waals surface area (Å²) < 4.78 is 6.07. The second-order valence-electron chi connectivity index (χ2n) is 6.23. The Morgan fingerprint density at radius 2 is 2.23 bits per heavy atom. The van der Waals surface area contributed by atoms with Crippen molar-refractivity contribution in [3.63, 3.8) is 0 Å². The highest BCUT2D eigenvalue weighted by Gasteiger charge is 2.37. The molecule has 0 aliphatic carbocycles. The first-order valence-corrected chi connectivity index (χ1v) is 9.14. The fourth-order valence-electron chi connectivity index (χ4n) is 3.43. The van der Waals surface area contributed by atoms with Gasteiger partial charge in [-0.2, -0.15) is 0 Å². The lowest BCUT2D eigenvalue weighted by molar-refractivity contribution is 0.0671. The molecule has 4 heterocycles. The number of hydrogen-bond acceptors (Lipinski definition) is 6. The number of aromatic amines is 1. The molecule has 1 N–H and O–H groups in total. The van der Waals surface area contributed by atoms with Crippen molar-refractivity contribution < 1.29 is 9.21 Å². The topological polar surface area (TPSA) is 87.9 Å². The molecule has 130 valence electrons. The van der Waals surface area contributed by atoms with Crippen LogP contribution in [0, 0.1) is 6.92 Å². The van der Waals surface area contributed by atoms with Crippen molar-refractivity contribution in [2.24, 2.45) is 0 Å². The summed E-state index contributed by atoms with van der Waals surface area (Å²) in [5, 5.41) is 10.2. The zero-order valence-electron chi connectivity index (χ0n) is 14.0. The van der Waals surface area contributed by atoms with E-state index in [0.717, 1.165) is 33.8 Å². The van der Waals surface area contributed by atoms with Gasteiger partial charge in [-0.1, -0.05) is 29.5 Å². The van der Waals surface area contributed by atoms with Gasteiger partial charge in [-0.3, -0.25) is 4.79 Å². The van der Waals surface area contributed by atoms with E-state index in [4.69, 9.17) is 4.42 Å². The Morgan fingerprint density at radius 1 is 1.35 bits per heavy atom. The molecule has 1 atom stereocenters. The molecule has 1 aliphatic rings. The first-order chi connectivity index (χ1) is 12.7. The number of fused-ring (bicyclic) bond motifs is 2. The van der Waals surface area contributed by atoms with Crippen molar-refractivity contribution in [2.75, 3.05) is 6.54 Å². The monoisotopic (exact) mass is 365 g/mol. The van der Waals surface area contributed by atoms with E-state index in [0.29, 0.717) is 17.3 Å². The SMILES string of the molecule is Cc1nnc(C(=O)N2CCc3[nH]cnc3[C@H]2c2cc3ccccc3o2)s1. The van der Waals surface area contributed by atoms with Crippen LogP contribution in [0.2, 0.25) is 0 Å². The third-order valence-electron chi connectivity index (χ3n) is 4.61. The van der Waals surface area contributed by atoms with Crippen molar-refractivity contribution in [3.8, 4) is 0 Å². The molecular formula is C18H15N5O2S. The number of hydrogen-bond donors (Lipinski definition) is 1. The maximum absolute atomic E-state index is 13.1. The highest BCUT2D eigenvalue weighted by molar-refractivity contribution is 7.13. The minimum Gasteiger partial charge on any atom is -0.458 e. The maximum atomic E-state index is 13.1. The van der Waals surface area contributed by atoms with Gasteiger partial charge in [0.05, 0.1) is 12.0 Å². The number of para-hydroxylation sites is 1. The number of rotatable bonds is 2. The number of H-pyrrole nitrogens is 1. The minimum atomic E-state index is -0.380. The average Bonchev–Trinajstić information content (AvgIpc) is 3.38. The molecule has 0 bridgehead atoms. The average molecular weight is 365 g/mol. The molecular weight excluding hydrogens is 350 g/mol. The van der Waals surface area contributed by atoms with E-state index in [-0.39, 0.29) is 11.9 Å². The Hall–Kier alpha value is -3.00. The summed E-state index contributed by atoms with van der Waals surface area (Å²) in [5.74, 6) is 0.559. The van der Waals surface area contributed by atoms with Crippen LogP contribution in [0.4, 0.5) is 0 Å². The number of amides is 1. The molecule has 7 nitrogen and oxygen atoms in total. The van der Waals surface area contributed by atoms with Gasteiger partial charge in [0.25, 0.3) is 5.91 Å². The molecule has 1 amide bonds. The van der Waals surface area contributed by atoms with E-state index in [1.165, 1.54) is 11.3 Å². The van der Waals surface area contributed by atoms with Crippen LogP contribution in [0.15, 0.2) is 41.1 Å². The fraction of sp³-hybridized carbons (Fsp3) is 0.222. The Labute approximate surface area is 152 Å². The normalized spacial score (nSPS) is 16.8. The van der Waals surface area contributed by atoms with Crippen LogP contribution in [-0.2, 0) is 6.42 Å². The quantitative estimate of drug-likeness (QED) is 0.590. The Morgan fingerprint density at radius 3 is 3.04 bits per heavy atom. The lowest BCUT2D eigenvalue weighted by Crippen LogP contribution is -2.40. The second kappa shape index (κ2) is 5.77. The fourth-order valence-corrected chi connectivity index (χ4v) is 4.07. The number of carbonyl (C=O) groups is 1. The van der Waals surface area contributed by atoms with Crippen LogP contribution in [0.5, 0.6) is 0 Å². The maximum Gasteiger partial charge on any atom is 0.285 e. The van der Waals surface area contributed by atoms with Gasteiger partial charge in [0.1, 0.15) is 22.4 Å². The summed E-state index contributed by atoms with van der Waals surface area (Å²) >= 11 is 1.30. The van der Waals surface area contributed by atoms with E-state index in [2.05, 4.69) is 20.2 Å². The Bertz CT molecular complexity index is 1080. The van der Waals surface area contributed by atoms with Gasteiger partial charge in [0, 0.05) is 24.0 Å². The van der Waals surface area contributed by atoms with Crippen LogP contribution in [0.1, 0.15) is 38.0 Å². The number of imidazole rings is 1. The smallest absolute Gasteiger partial charge is 0.285 e. The number of nitrogens with zero attached hydrogens (tertiary/aromatic N) is 4. The lowest BCUT2D eigenvalue weighted by atomic mass is 10.00. The van der Waals surface area contributed by atoms with Crippen molar-refractivity contribution in [1.29, 1.82) is 0 Å². The molecule has 1 aromatic carbocycles. The largest absolute Gasteiger partial charge is 0.458 e. The van der Waals surface area contributed by atoms with Crippen molar-refractivity contribution in [3.05, 3.63) is 63.8 Å².